The van der Waals surface area contributed by atoms with Gasteiger partial charge in [0.05, 0.1) is 0 Å². The van der Waals surface area contributed by atoms with Crippen molar-refractivity contribution in [1.82, 2.24) is 0 Å². The summed E-state index contributed by atoms with van der Waals surface area (Å²) < 4.78 is 0. The van der Waals surface area contributed by atoms with Crippen molar-refractivity contribution in [2.45, 2.75) is 39.5 Å². The van der Waals surface area contributed by atoms with Crippen LogP contribution in [-0.2, 0) is 9.59 Å². The maximum Gasteiger partial charge on any atom is 0.231 e. The minimum absolute atomic E-state index is 0.250. The van der Waals surface area contributed by atoms with Crippen LogP contribution < -0.4 is 0 Å². The first-order valence-corrected chi connectivity index (χ1v) is 6.36. The molecule has 0 saturated heterocycles. The SMILES string of the molecule is CCC(CC)c1ccccc1.CCO.N=C=O.N=C=O. The van der Waals surface area contributed by atoms with E-state index in [1.165, 1.54) is 18.4 Å². The van der Waals surface area contributed by atoms with Gasteiger partial charge in [0.2, 0.25) is 12.2 Å². The molecule has 1 rings (SSSR count). The van der Waals surface area contributed by atoms with E-state index in [2.05, 4.69) is 44.2 Å². The summed E-state index contributed by atoms with van der Waals surface area (Å²) in [5.41, 5.74) is 1.48. The van der Waals surface area contributed by atoms with Crippen LogP contribution in [-0.4, -0.2) is 23.9 Å². The van der Waals surface area contributed by atoms with Gasteiger partial charge in [0.25, 0.3) is 0 Å². The average molecular weight is 280 g/mol. The number of hydrogen-bond donors (Lipinski definition) is 3. The van der Waals surface area contributed by atoms with Crippen LogP contribution >= 0.6 is 0 Å². The van der Waals surface area contributed by atoms with Crippen molar-refractivity contribution in [3.63, 3.8) is 0 Å². The predicted octanol–water partition coefficient (Wildman–Crippen LogP) is 3.39. The van der Waals surface area contributed by atoms with Crippen LogP contribution in [0.1, 0.15) is 45.1 Å². The predicted molar refractivity (Wildman–Crippen MR) is 79.4 cm³/mol. The van der Waals surface area contributed by atoms with E-state index in [-0.39, 0.29) is 6.61 Å². The molecule has 1 aromatic rings. The van der Waals surface area contributed by atoms with Crippen LogP contribution in [0.3, 0.4) is 0 Å². The minimum atomic E-state index is 0.250. The summed E-state index contributed by atoms with van der Waals surface area (Å²) in [6, 6.07) is 10.8. The van der Waals surface area contributed by atoms with Crippen LogP contribution in [0.5, 0.6) is 0 Å². The summed E-state index contributed by atoms with van der Waals surface area (Å²) in [6.45, 7) is 6.43. The van der Waals surface area contributed by atoms with Crippen molar-refractivity contribution >= 4 is 12.2 Å². The van der Waals surface area contributed by atoms with Crippen molar-refractivity contribution < 1.29 is 14.7 Å². The summed E-state index contributed by atoms with van der Waals surface area (Å²) in [7, 11) is 0. The third-order valence-corrected chi connectivity index (χ3v) is 2.26. The van der Waals surface area contributed by atoms with Gasteiger partial charge in [0.1, 0.15) is 0 Å². The van der Waals surface area contributed by atoms with Gasteiger partial charge in [-0.25, -0.2) is 20.4 Å². The van der Waals surface area contributed by atoms with Gasteiger partial charge in [0.15, 0.2) is 0 Å². The molecule has 0 heterocycles. The number of aliphatic hydroxyl groups is 1. The molecule has 0 aliphatic heterocycles. The Morgan fingerprint density at radius 1 is 1.00 bits per heavy atom. The zero-order valence-corrected chi connectivity index (χ0v) is 12.3. The molecule has 0 aromatic heterocycles. The van der Waals surface area contributed by atoms with Crippen molar-refractivity contribution in [2.75, 3.05) is 6.61 Å². The molecule has 0 atom stereocenters. The largest absolute Gasteiger partial charge is 0.397 e. The Morgan fingerprint density at radius 3 is 1.55 bits per heavy atom. The molecule has 5 nitrogen and oxygen atoms in total. The number of nitrogens with one attached hydrogen (secondary N) is 2. The lowest BCUT2D eigenvalue weighted by Crippen LogP contribution is -1.93. The molecule has 0 aliphatic rings. The van der Waals surface area contributed by atoms with Gasteiger partial charge in [-0.1, -0.05) is 44.2 Å². The number of benzene rings is 1. The molecule has 0 saturated carbocycles. The molecular formula is C15H24N2O3. The normalized spacial score (nSPS) is 7.45. The van der Waals surface area contributed by atoms with E-state index in [9.17, 15) is 0 Å². The monoisotopic (exact) mass is 280 g/mol. The van der Waals surface area contributed by atoms with Gasteiger partial charge in [-0.3, -0.25) is 0 Å². The lowest BCUT2D eigenvalue weighted by Gasteiger charge is -2.11. The van der Waals surface area contributed by atoms with Gasteiger partial charge >= 0.3 is 0 Å². The summed E-state index contributed by atoms with van der Waals surface area (Å²) >= 11 is 0. The fourth-order valence-electron chi connectivity index (χ4n) is 1.49. The molecule has 5 heteroatoms. The second kappa shape index (κ2) is 22.1. The molecule has 3 N–H and O–H groups in total. The van der Waals surface area contributed by atoms with Gasteiger partial charge < -0.3 is 5.11 Å². The zero-order chi connectivity index (χ0) is 16.2. The Morgan fingerprint density at radius 2 is 1.30 bits per heavy atom. The van der Waals surface area contributed by atoms with Crippen LogP contribution in [0.2, 0.25) is 0 Å². The average Bonchev–Trinajstić information content (AvgIpc) is 2.44. The van der Waals surface area contributed by atoms with E-state index in [0.29, 0.717) is 0 Å². The van der Waals surface area contributed by atoms with Gasteiger partial charge in [-0.15, -0.1) is 0 Å². The van der Waals surface area contributed by atoms with Crippen LogP contribution in [0, 0.1) is 10.8 Å². The topological polar surface area (TPSA) is 102 Å². The summed E-state index contributed by atoms with van der Waals surface area (Å²) in [6.07, 6.45) is 4.00. The maximum atomic E-state index is 8.35. The molecule has 112 valence electrons. The minimum Gasteiger partial charge on any atom is -0.397 e. The molecule has 0 amide bonds. The fourth-order valence-corrected chi connectivity index (χ4v) is 1.49. The number of aliphatic hydroxyl groups excluding tert-OH is 1. The zero-order valence-electron chi connectivity index (χ0n) is 12.3. The van der Waals surface area contributed by atoms with Crippen LogP contribution in [0.25, 0.3) is 0 Å². The van der Waals surface area contributed by atoms with Gasteiger partial charge in [0, 0.05) is 6.61 Å². The highest BCUT2D eigenvalue weighted by Crippen LogP contribution is 2.21. The lowest BCUT2D eigenvalue weighted by molar-refractivity contribution is 0.318. The van der Waals surface area contributed by atoms with Gasteiger partial charge in [-0.05, 0) is 31.2 Å². The molecule has 0 aliphatic carbocycles. The highest BCUT2D eigenvalue weighted by molar-refractivity contribution is 5.26. The highest BCUT2D eigenvalue weighted by Gasteiger charge is 2.03. The molecular weight excluding hydrogens is 256 g/mol. The lowest BCUT2D eigenvalue weighted by atomic mass is 9.94. The fraction of sp³-hybridized carbons (Fsp3) is 0.467. The Labute approximate surface area is 120 Å². The van der Waals surface area contributed by atoms with Crippen molar-refractivity contribution in [3.05, 3.63) is 35.9 Å². The molecule has 0 spiro atoms. The van der Waals surface area contributed by atoms with E-state index in [4.69, 9.17) is 25.5 Å². The van der Waals surface area contributed by atoms with Crippen molar-refractivity contribution in [1.29, 1.82) is 10.8 Å². The van der Waals surface area contributed by atoms with Crippen molar-refractivity contribution in [2.24, 2.45) is 0 Å². The molecule has 1 aromatic carbocycles. The van der Waals surface area contributed by atoms with Crippen LogP contribution in [0.4, 0.5) is 0 Å². The summed E-state index contributed by atoms with van der Waals surface area (Å²) in [5, 5.41) is 18.4. The standard InChI is InChI=1S/C11H16.C2H6O.2CHNO/c1-3-10(4-2)11-8-6-5-7-9-11;1-2-3;2*2-1-3/h5-10H,3-4H2,1-2H3;3H,2H2,1H3;2*2H. The van der Waals surface area contributed by atoms with E-state index >= 15 is 0 Å². The number of isocyanates is 2. The third-order valence-electron chi connectivity index (χ3n) is 2.26. The first kappa shape index (κ1) is 23.1. The van der Waals surface area contributed by atoms with Gasteiger partial charge in [-0.2, -0.15) is 0 Å². The molecule has 0 fully saturated rings. The smallest absolute Gasteiger partial charge is 0.231 e. The quantitative estimate of drug-likeness (QED) is 0.584. The molecule has 0 radical (unpaired) electrons. The van der Waals surface area contributed by atoms with E-state index in [1.54, 1.807) is 6.92 Å². The molecule has 20 heavy (non-hydrogen) atoms. The second-order valence-electron chi connectivity index (χ2n) is 3.44. The first-order chi connectivity index (χ1) is 9.62. The first-order valence-electron chi connectivity index (χ1n) is 6.36. The number of rotatable bonds is 3. The Hall–Kier alpha value is -2.06. The highest BCUT2D eigenvalue weighted by atomic mass is 16.2. The van der Waals surface area contributed by atoms with E-state index in [0.717, 1.165) is 18.1 Å². The van der Waals surface area contributed by atoms with Crippen LogP contribution in [0.15, 0.2) is 30.3 Å². The Kier molecular flexibility index (Phi) is 25.5. The Bertz CT molecular complexity index is 339. The van der Waals surface area contributed by atoms with Crippen molar-refractivity contribution in [3.8, 4) is 0 Å². The third kappa shape index (κ3) is 18.3. The second-order valence-corrected chi connectivity index (χ2v) is 3.44. The van der Waals surface area contributed by atoms with E-state index in [1.807, 2.05) is 0 Å². The number of hydrogen-bond acceptors (Lipinski definition) is 5. The summed E-state index contributed by atoms with van der Waals surface area (Å²) in [5.74, 6) is 0.760. The Balaban J connectivity index is -0.000000268. The molecule has 0 unspecified atom stereocenters. The summed E-state index contributed by atoms with van der Waals surface area (Å²) in [4.78, 5) is 16.7. The van der Waals surface area contributed by atoms with E-state index < -0.39 is 0 Å². The molecule has 0 bridgehead atoms. The number of carbonyl (C=O) groups excluding carboxylic acids is 2. The maximum absolute atomic E-state index is 8.35.